The zero-order valence-corrected chi connectivity index (χ0v) is 10.5. The minimum atomic E-state index is -3.71. The Morgan fingerprint density at radius 2 is 2.06 bits per heavy atom. The summed E-state index contributed by atoms with van der Waals surface area (Å²) < 4.78 is 27.4. The Morgan fingerprint density at radius 1 is 1.39 bits per heavy atom. The molecule has 0 unspecified atom stereocenters. The number of hydrogen-bond acceptors (Lipinski definition) is 4. The molecule has 4 N–H and O–H groups in total. The fraction of sp³-hybridized carbons (Fsp3) is 0.300. The molecule has 0 radical (unpaired) electrons. The van der Waals surface area contributed by atoms with Gasteiger partial charge in [-0.25, -0.2) is 4.79 Å². The zero-order chi connectivity index (χ0) is 13.8. The first-order valence-electron chi connectivity index (χ1n) is 5.19. The summed E-state index contributed by atoms with van der Waals surface area (Å²) in [5.74, 6) is -1.79. The average Bonchev–Trinajstić information content (AvgIpc) is 2.25. The second kappa shape index (κ2) is 5.69. The van der Waals surface area contributed by atoms with Crippen LogP contribution < -0.4 is 9.44 Å². The van der Waals surface area contributed by atoms with Crippen LogP contribution in [0.4, 0.5) is 5.69 Å². The number of nitrogens with one attached hydrogen (secondary N) is 2. The van der Waals surface area contributed by atoms with Gasteiger partial charge in [-0.05, 0) is 18.6 Å². The number of carboxylic acids is 1. The van der Waals surface area contributed by atoms with E-state index in [0.717, 1.165) is 12.1 Å². The first-order chi connectivity index (χ1) is 8.35. The first kappa shape index (κ1) is 14.3. The van der Waals surface area contributed by atoms with E-state index in [-0.39, 0.29) is 17.8 Å². The molecular weight excluding hydrogens is 260 g/mol. The van der Waals surface area contributed by atoms with Crippen LogP contribution in [0.5, 0.6) is 5.75 Å². The predicted molar refractivity (Wildman–Crippen MR) is 65.9 cm³/mol. The minimum absolute atomic E-state index is 0.0844. The summed E-state index contributed by atoms with van der Waals surface area (Å²) in [7, 11) is -3.71. The van der Waals surface area contributed by atoms with Gasteiger partial charge in [0.05, 0.1) is 5.69 Å². The second-order valence-corrected chi connectivity index (χ2v) is 5.04. The lowest BCUT2D eigenvalue weighted by Crippen LogP contribution is -2.30. The lowest BCUT2D eigenvalue weighted by Gasteiger charge is -2.09. The van der Waals surface area contributed by atoms with Gasteiger partial charge in [0.2, 0.25) is 0 Å². The van der Waals surface area contributed by atoms with Crippen LogP contribution in [-0.2, 0) is 10.2 Å². The Balaban J connectivity index is 2.87. The highest BCUT2D eigenvalue weighted by molar-refractivity contribution is 7.90. The van der Waals surface area contributed by atoms with Crippen molar-refractivity contribution in [2.75, 3.05) is 11.3 Å². The molecule has 0 aromatic heterocycles. The molecule has 0 aliphatic carbocycles. The Hall–Kier alpha value is -1.80. The van der Waals surface area contributed by atoms with Crippen LogP contribution in [0.1, 0.15) is 23.7 Å². The summed E-state index contributed by atoms with van der Waals surface area (Å²) in [6, 6.07) is 3.41. The number of anilines is 1. The van der Waals surface area contributed by atoms with E-state index >= 15 is 0 Å². The smallest absolute Gasteiger partial charge is 0.339 e. The van der Waals surface area contributed by atoms with E-state index in [0.29, 0.717) is 6.42 Å². The Bertz CT molecular complexity index is 541. The maximum atomic E-state index is 11.5. The van der Waals surface area contributed by atoms with Crippen molar-refractivity contribution in [3.05, 3.63) is 23.8 Å². The summed E-state index contributed by atoms with van der Waals surface area (Å²) >= 11 is 0. The van der Waals surface area contributed by atoms with Crippen LogP contribution >= 0.6 is 0 Å². The molecule has 7 nitrogen and oxygen atoms in total. The number of carbonyl (C=O) groups is 1. The quantitative estimate of drug-likeness (QED) is 0.611. The third-order valence-corrected chi connectivity index (χ3v) is 3.11. The molecule has 0 saturated carbocycles. The molecule has 0 aliphatic heterocycles. The summed E-state index contributed by atoms with van der Waals surface area (Å²) in [5, 5.41) is 18.1. The first-order valence-corrected chi connectivity index (χ1v) is 6.67. The second-order valence-electron chi connectivity index (χ2n) is 3.54. The summed E-state index contributed by atoms with van der Waals surface area (Å²) in [6.07, 6.45) is 0.643. The van der Waals surface area contributed by atoms with Crippen LogP contribution in [0, 0.1) is 0 Å². The van der Waals surface area contributed by atoms with Crippen molar-refractivity contribution in [1.82, 2.24) is 4.72 Å². The SMILES string of the molecule is CCCNS(=O)(=O)Nc1ccc(C(=O)O)c(O)c1. The number of phenols is 1. The topological polar surface area (TPSA) is 116 Å². The summed E-state index contributed by atoms with van der Waals surface area (Å²) in [5.41, 5.74) is -0.208. The Morgan fingerprint density at radius 3 is 2.56 bits per heavy atom. The lowest BCUT2D eigenvalue weighted by atomic mass is 10.2. The molecule has 1 aromatic carbocycles. The third-order valence-electron chi connectivity index (χ3n) is 2.02. The van der Waals surface area contributed by atoms with Gasteiger partial charge in [-0.2, -0.15) is 13.1 Å². The van der Waals surface area contributed by atoms with Gasteiger partial charge in [0.25, 0.3) is 10.2 Å². The van der Waals surface area contributed by atoms with E-state index in [1.807, 2.05) is 6.92 Å². The molecule has 8 heteroatoms. The molecule has 0 fully saturated rings. The normalized spacial score (nSPS) is 11.2. The van der Waals surface area contributed by atoms with Crippen molar-refractivity contribution in [2.45, 2.75) is 13.3 Å². The monoisotopic (exact) mass is 274 g/mol. The molecule has 0 spiro atoms. The van der Waals surface area contributed by atoms with Gasteiger partial charge in [0, 0.05) is 12.6 Å². The fourth-order valence-corrected chi connectivity index (χ4v) is 2.19. The maximum absolute atomic E-state index is 11.5. The predicted octanol–water partition coefficient (Wildman–Crippen LogP) is 0.747. The zero-order valence-electron chi connectivity index (χ0n) is 9.67. The van der Waals surface area contributed by atoms with Gasteiger partial charge < -0.3 is 10.2 Å². The van der Waals surface area contributed by atoms with Gasteiger partial charge in [0.1, 0.15) is 11.3 Å². The van der Waals surface area contributed by atoms with Crippen LogP contribution in [0.15, 0.2) is 18.2 Å². The van der Waals surface area contributed by atoms with Crippen LogP contribution in [-0.4, -0.2) is 31.1 Å². The van der Waals surface area contributed by atoms with E-state index in [1.165, 1.54) is 6.07 Å². The number of aromatic carboxylic acids is 1. The van der Waals surface area contributed by atoms with Crippen molar-refractivity contribution < 1.29 is 23.4 Å². The Kier molecular flexibility index (Phi) is 4.51. The third kappa shape index (κ3) is 3.90. The molecule has 0 amide bonds. The van der Waals surface area contributed by atoms with E-state index in [1.54, 1.807) is 0 Å². The number of hydrogen-bond donors (Lipinski definition) is 4. The number of carboxylic acid groups (broad SMARTS) is 1. The molecule has 18 heavy (non-hydrogen) atoms. The van der Waals surface area contributed by atoms with Gasteiger partial charge in [-0.3, -0.25) is 4.72 Å². The molecule has 0 atom stereocenters. The Labute approximate surface area is 105 Å². The van der Waals surface area contributed by atoms with Crippen LogP contribution in [0.2, 0.25) is 0 Å². The molecule has 100 valence electrons. The highest BCUT2D eigenvalue weighted by Gasteiger charge is 2.13. The van der Waals surface area contributed by atoms with Gasteiger partial charge in [-0.15, -0.1) is 0 Å². The largest absolute Gasteiger partial charge is 0.507 e. The van der Waals surface area contributed by atoms with Crippen molar-refractivity contribution in [2.24, 2.45) is 0 Å². The summed E-state index contributed by atoms with van der Waals surface area (Å²) in [4.78, 5) is 10.6. The summed E-state index contributed by atoms with van der Waals surface area (Å²) in [6.45, 7) is 2.10. The average molecular weight is 274 g/mol. The highest BCUT2D eigenvalue weighted by atomic mass is 32.2. The van der Waals surface area contributed by atoms with Crippen molar-refractivity contribution >= 4 is 21.9 Å². The van der Waals surface area contributed by atoms with Gasteiger partial charge >= 0.3 is 5.97 Å². The van der Waals surface area contributed by atoms with E-state index in [4.69, 9.17) is 5.11 Å². The standard InChI is InChI=1S/C10H14N2O5S/c1-2-5-11-18(16,17)12-7-3-4-8(10(14)15)9(13)6-7/h3-4,6,11-13H,2,5H2,1H3,(H,14,15). The van der Waals surface area contributed by atoms with Crippen LogP contribution in [0.3, 0.4) is 0 Å². The van der Waals surface area contributed by atoms with Crippen molar-refractivity contribution in [3.8, 4) is 5.75 Å². The highest BCUT2D eigenvalue weighted by Crippen LogP contribution is 2.22. The maximum Gasteiger partial charge on any atom is 0.339 e. The molecule has 0 saturated heterocycles. The lowest BCUT2D eigenvalue weighted by molar-refractivity contribution is 0.0694. The van der Waals surface area contributed by atoms with Gasteiger partial charge in [-0.1, -0.05) is 6.92 Å². The molecule has 0 aliphatic rings. The van der Waals surface area contributed by atoms with Crippen LogP contribution in [0.25, 0.3) is 0 Å². The van der Waals surface area contributed by atoms with E-state index in [9.17, 15) is 18.3 Å². The van der Waals surface area contributed by atoms with Crippen molar-refractivity contribution in [3.63, 3.8) is 0 Å². The molecular formula is C10H14N2O5S. The molecule has 1 aromatic rings. The molecule has 1 rings (SSSR count). The van der Waals surface area contributed by atoms with Crippen molar-refractivity contribution in [1.29, 1.82) is 0 Å². The molecule has 0 heterocycles. The fourth-order valence-electron chi connectivity index (χ4n) is 1.20. The number of aromatic hydroxyl groups is 1. The van der Waals surface area contributed by atoms with E-state index in [2.05, 4.69) is 9.44 Å². The minimum Gasteiger partial charge on any atom is -0.507 e. The molecule has 0 bridgehead atoms. The van der Waals surface area contributed by atoms with E-state index < -0.39 is 21.9 Å². The number of benzene rings is 1. The van der Waals surface area contributed by atoms with Gasteiger partial charge in [0.15, 0.2) is 0 Å². The number of rotatable bonds is 6.